The third kappa shape index (κ3) is 6.12. The molecule has 9 heteroatoms. The van der Waals surface area contributed by atoms with Crippen molar-refractivity contribution in [2.45, 2.75) is 52.2 Å². The number of para-hydroxylation sites is 1. The number of aromatic nitrogens is 2. The lowest BCUT2D eigenvalue weighted by Gasteiger charge is -2.14. The first-order valence-electron chi connectivity index (χ1n) is 11.3. The fourth-order valence-electron chi connectivity index (χ4n) is 3.69. The Bertz CT molecular complexity index is 1280. The molecular weight excluding hydrogens is 436 g/mol. The van der Waals surface area contributed by atoms with E-state index in [2.05, 4.69) is 10.6 Å². The minimum atomic E-state index is -0.555. The molecule has 0 aliphatic heterocycles. The maximum atomic E-state index is 13.2. The van der Waals surface area contributed by atoms with Crippen molar-refractivity contribution < 1.29 is 14.3 Å². The van der Waals surface area contributed by atoms with Gasteiger partial charge < -0.3 is 15.4 Å². The van der Waals surface area contributed by atoms with Crippen LogP contribution in [0, 0.1) is 0 Å². The summed E-state index contributed by atoms with van der Waals surface area (Å²) >= 11 is 0. The molecule has 34 heavy (non-hydrogen) atoms. The van der Waals surface area contributed by atoms with E-state index in [1.54, 1.807) is 55.6 Å². The predicted molar refractivity (Wildman–Crippen MR) is 131 cm³/mol. The zero-order chi connectivity index (χ0) is 24.7. The van der Waals surface area contributed by atoms with Crippen LogP contribution >= 0.6 is 0 Å². The van der Waals surface area contributed by atoms with Gasteiger partial charge in [-0.3, -0.25) is 23.5 Å². The van der Waals surface area contributed by atoms with E-state index in [1.165, 1.54) is 4.57 Å². The van der Waals surface area contributed by atoms with Gasteiger partial charge in [0.2, 0.25) is 11.8 Å². The molecule has 0 spiro atoms. The highest BCUT2D eigenvalue weighted by atomic mass is 16.5. The summed E-state index contributed by atoms with van der Waals surface area (Å²) in [6.07, 6.45) is 1.34. The maximum absolute atomic E-state index is 13.2. The van der Waals surface area contributed by atoms with Crippen LogP contribution in [0.2, 0.25) is 0 Å². The van der Waals surface area contributed by atoms with Crippen molar-refractivity contribution in [2.24, 2.45) is 0 Å². The standard InChI is InChI=1S/C25H30N4O5/c1-17(2)26-22(30)10-6-7-15-28-24(32)20-8-4-5-9-21(20)29(25(28)33)16-23(31)27-18-11-13-19(34-3)14-12-18/h4-5,8-9,11-14,17H,6-7,10,15-16H2,1-3H3,(H,26,30)(H,27,31). The molecule has 1 heterocycles. The molecule has 0 bridgehead atoms. The smallest absolute Gasteiger partial charge is 0.331 e. The van der Waals surface area contributed by atoms with E-state index in [0.29, 0.717) is 41.6 Å². The molecular formula is C25H30N4O5. The van der Waals surface area contributed by atoms with E-state index >= 15 is 0 Å². The number of methoxy groups -OCH3 is 1. The number of unbranched alkanes of at least 4 members (excludes halogenated alkanes) is 1. The number of carbonyl (C=O) groups excluding carboxylic acids is 2. The second-order valence-corrected chi connectivity index (χ2v) is 8.30. The highest BCUT2D eigenvalue weighted by molar-refractivity contribution is 5.91. The maximum Gasteiger partial charge on any atom is 0.331 e. The number of rotatable bonds is 10. The van der Waals surface area contributed by atoms with Crippen LogP contribution in [0.1, 0.15) is 33.1 Å². The summed E-state index contributed by atoms with van der Waals surface area (Å²) in [6, 6.07) is 13.6. The minimum Gasteiger partial charge on any atom is -0.497 e. The zero-order valence-electron chi connectivity index (χ0n) is 19.7. The fourth-order valence-corrected chi connectivity index (χ4v) is 3.69. The second-order valence-electron chi connectivity index (χ2n) is 8.30. The van der Waals surface area contributed by atoms with Crippen molar-refractivity contribution in [1.82, 2.24) is 14.5 Å². The van der Waals surface area contributed by atoms with E-state index < -0.39 is 17.2 Å². The van der Waals surface area contributed by atoms with E-state index in [0.717, 1.165) is 4.57 Å². The van der Waals surface area contributed by atoms with Gasteiger partial charge in [-0.25, -0.2) is 4.79 Å². The summed E-state index contributed by atoms with van der Waals surface area (Å²) in [5.74, 6) is 0.204. The van der Waals surface area contributed by atoms with E-state index in [-0.39, 0.29) is 25.0 Å². The molecule has 2 amide bonds. The first-order chi connectivity index (χ1) is 16.3. The molecule has 3 rings (SSSR count). The molecule has 0 saturated carbocycles. The van der Waals surface area contributed by atoms with Crippen LogP contribution < -0.4 is 26.6 Å². The molecule has 0 atom stereocenters. The monoisotopic (exact) mass is 466 g/mol. The van der Waals surface area contributed by atoms with Crippen molar-refractivity contribution in [2.75, 3.05) is 12.4 Å². The molecule has 2 aromatic carbocycles. The molecule has 0 fully saturated rings. The van der Waals surface area contributed by atoms with Crippen molar-refractivity contribution in [3.05, 3.63) is 69.4 Å². The molecule has 2 N–H and O–H groups in total. The summed E-state index contributed by atoms with van der Waals surface area (Å²) in [6.45, 7) is 3.69. The normalized spacial score (nSPS) is 10.9. The number of fused-ring (bicyclic) bond motifs is 1. The van der Waals surface area contributed by atoms with Gasteiger partial charge >= 0.3 is 5.69 Å². The predicted octanol–water partition coefficient (Wildman–Crippen LogP) is 2.51. The molecule has 0 aliphatic rings. The lowest BCUT2D eigenvalue weighted by molar-refractivity contribution is -0.121. The Morgan fingerprint density at radius 1 is 0.941 bits per heavy atom. The number of nitrogens with one attached hydrogen (secondary N) is 2. The first kappa shape index (κ1) is 24.8. The zero-order valence-corrected chi connectivity index (χ0v) is 19.7. The highest BCUT2D eigenvalue weighted by Crippen LogP contribution is 2.15. The van der Waals surface area contributed by atoms with Crippen LogP contribution in [0.5, 0.6) is 5.75 Å². The molecule has 0 saturated heterocycles. The molecule has 180 valence electrons. The number of hydrogen-bond donors (Lipinski definition) is 2. The Morgan fingerprint density at radius 2 is 1.65 bits per heavy atom. The Kier molecular flexibility index (Phi) is 8.24. The van der Waals surface area contributed by atoms with Gasteiger partial charge in [0.05, 0.1) is 18.0 Å². The molecule has 9 nitrogen and oxygen atoms in total. The van der Waals surface area contributed by atoms with Gasteiger partial charge in [0, 0.05) is 24.7 Å². The third-order valence-electron chi connectivity index (χ3n) is 5.29. The molecule has 0 aliphatic carbocycles. The topological polar surface area (TPSA) is 111 Å². The van der Waals surface area contributed by atoms with Crippen molar-refractivity contribution in [3.8, 4) is 5.75 Å². The number of amides is 2. The Hall–Kier alpha value is -3.88. The second kappa shape index (κ2) is 11.3. The Labute approximate surface area is 197 Å². The van der Waals surface area contributed by atoms with Gasteiger partial charge in [-0.2, -0.15) is 0 Å². The summed E-state index contributed by atoms with van der Waals surface area (Å²) < 4.78 is 7.56. The van der Waals surface area contributed by atoms with Gasteiger partial charge in [0.15, 0.2) is 0 Å². The number of carbonyl (C=O) groups is 2. The molecule has 0 unspecified atom stereocenters. The van der Waals surface area contributed by atoms with Crippen molar-refractivity contribution in [3.63, 3.8) is 0 Å². The van der Waals surface area contributed by atoms with Crippen LogP contribution in [-0.2, 0) is 22.7 Å². The number of benzene rings is 2. The summed E-state index contributed by atoms with van der Waals surface area (Å²) in [7, 11) is 1.56. The van der Waals surface area contributed by atoms with Gasteiger partial charge in [-0.05, 0) is 63.1 Å². The molecule has 1 aromatic heterocycles. The van der Waals surface area contributed by atoms with Gasteiger partial charge in [-0.15, -0.1) is 0 Å². The van der Waals surface area contributed by atoms with Crippen LogP contribution in [0.25, 0.3) is 10.9 Å². The van der Waals surface area contributed by atoms with Gasteiger partial charge in [0.25, 0.3) is 5.56 Å². The molecule has 3 aromatic rings. The number of anilines is 1. The third-order valence-corrected chi connectivity index (χ3v) is 5.29. The summed E-state index contributed by atoms with van der Waals surface area (Å²) in [5, 5.41) is 5.94. The van der Waals surface area contributed by atoms with Gasteiger partial charge in [-0.1, -0.05) is 12.1 Å². The minimum absolute atomic E-state index is 0.0616. The molecule has 0 radical (unpaired) electrons. The number of nitrogens with zero attached hydrogens (tertiary/aromatic N) is 2. The highest BCUT2D eigenvalue weighted by Gasteiger charge is 2.15. The lowest BCUT2D eigenvalue weighted by Crippen LogP contribution is -2.41. The Balaban J connectivity index is 1.80. The van der Waals surface area contributed by atoms with Crippen LogP contribution in [0.15, 0.2) is 58.1 Å². The van der Waals surface area contributed by atoms with Crippen molar-refractivity contribution in [1.29, 1.82) is 0 Å². The first-order valence-corrected chi connectivity index (χ1v) is 11.3. The number of ether oxygens (including phenoxy) is 1. The SMILES string of the molecule is COc1ccc(NC(=O)Cn2c(=O)n(CCCCC(=O)NC(C)C)c(=O)c3ccccc32)cc1. The van der Waals surface area contributed by atoms with E-state index in [1.807, 2.05) is 13.8 Å². The van der Waals surface area contributed by atoms with Crippen LogP contribution in [0.3, 0.4) is 0 Å². The number of hydrogen-bond acceptors (Lipinski definition) is 5. The van der Waals surface area contributed by atoms with E-state index in [9.17, 15) is 19.2 Å². The quantitative estimate of drug-likeness (QED) is 0.446. The summed E-state index contributed by atoms with van der Waals surface area (Å²) in [5.41, 5.74) is 0.00495. The van der Waals surface area contributed by atoms with Crippen LogP contribution in [0.4, 0.5) is 5.69 Å². The fraction of sp³-hybridized carbons (Fsp3) is 0.360. The average Bonchev–Trinajstić information content (AvgIpc) is 2.81. The van der Waals surface area contributed by atoms with Crippen LogP contribution in [-0.4, -0.2) is 34.1 Å². The lowest BCUT2D eigenvalue weighted by atomic mass is 10.2. The Morgan fingerprint density at radius 3 is 2.32 bits per heavy atom. The largest absolute Gasteiger partial charge is 0.497 e. The van der Waals surface area contributed by atoms with E-state index in [4.69, 9.17) is 4.74 Å². The average molecular weight is 467 g/mol. The van der Waals surface area contributed by atoms with Gasteiger partial charge in [0.1, 0.15) is 12.3 Å². The summed E-state index contributed by atoms with van der Waals surface area (Å²) in [4.78, 5) is 50.7. The van der Waals surface area contributed by atoms with Crippen molar-refractivity contribution >= 4 is 28.4 Å².